The lowest BCUT2D eigenvalue weighted by Crippen LogP contribution is -2.40. The molecule has 150 valence electrons. The van der Waals surface area contributed by atoms with E-state index < -0.39 is 0 Å². The molecule has 1 atom stereocenters. The van der Waals surface area contributed by atoms with E-state index in [1.807, 2.05) is 62.4 Å². The maximum atomic E-state index is 12.7. The van der Waals surface area contributed by atoms with Crippen LogP contribution in [0.2, 0.25) is 0 Å². The fourth-order valence-electron chi connectivity index (χ4n) is 3.63. The van der Waals surface area contributed by atoms with Gasteiger partial charge in [-0.2, -0.15) is 4.98 Å². The third-order valence-electron chi connectivity index (χ3n) is 5.33. The predicted molar refractivity (Wildman–Crippen MR) is 112 cm³/mol. The molecule has 1 aliphatic rings. The van der Waals surface area contributed by atoms with Gasteiger partial charge in [-0.25, -0.2) is 0 Å². The summed E-state index contributed by atoms with van der Waals surface area (Å²) in [5.41, 5.74) is 4.13. The Morgan fingerprint density at radius 3 is 2.52 bits per heavy atom. The Labute approximate surface area is 170 Å². The zero-order valence-electron chi connectivity index (χ0n) is 16.9. The molecule has 6 heteroatoms. The van der Waals surface area contributed by atoms with E-state index in [2.05, 4.69) is 20.4 Å². The molecule has 0 spiro atoms. The second-order valence-corrected chi connectivity index (χ2v) is 7.81. The fourth-order valence-corrected chi connectivity index (χ4v) is 3.63. The molecule has 1 saturated heterocycles. The highest BCUT2D eigenvalue weighted by Gasteiger charge is 2.27. The summed E-state index contributed by atoms with van der Waals surface area (Å²) in [5, 5.41) is 7.16. The van der Waals surface area contributed by atoms with Crippen molar-refractivity contribution in [3.05, 3.63) is 65.5 Å². The van der Waals surface area contributed by atoms with Crippen molar-refractivity contribution < 1.29 is 9.32 Å². The van der Waals surface area contributed by atoms with Crippen LogP contribution in [0, 0.1) is 19.8 Å². The lowest BCUT2D eigenvalue weighted by atomic mass is 9.97. The Hall–Kier alpha value is -2.99. The number of nitrogens with one attached hydrogen (secondary N) is 1. The van der Waals surface area contributed by atoms with Gasteiger partial charge in [0.15, 0.2) is 5.82 Å². The number of aryl methyl sites for hydroxylation is 2. The van der Waals surface area contributed by atoms with E-state index in [1.165, 1.54) is 11.1 Å². The summed E-state index contributed by atoms with van der Waals surface area (Å²) in [5.74, 6) is 1.23. The first-order chi connectivity index (χ1) is 14.1. The van der Waals surface area contributed by atoms with Crippen molar-refractivity contribution in [2.24, 2.45) is 5.92 Å². The molecule has 0 saturated carbocycles. The van der Waals surface area contributed by atoms with E-state index in [4.69, 9.17) is 4.52 Å². The fraction of sp³-hybridized carbons (Fsp3) is 0.348. The molecule has 2 aromatic carbocycles. The van der Waals surface area contributed by atoms with Crippen molar-refractivity contribution in [3.63, 3.8) is 0 Å². The second-order valence-electron chi connectivity index (χ2n) is 7.81. The topological polar surface area (TPSA) is 71.3 Å². The number of carbonyl (C=O) groups is 1. The molecule has 2 heterocycles. The quantitative estimate of drug-likeness (QED) is 0.707. The van der Waals surface area contributed by atoms with Crippen molar-refractivity contribution in [1.82, 2.24) is 15.0 Å². The maximum Gasteiger partial charge on any atom is 0.257 e. The van der Waals surface area contributed by atoms with Crippen molar-refractivity contribution >= 4 is 11.6 Å². The molecule has 0 radical (unpaired) electrons. The Balaban J connectivity index is 1.35. The van der Waals surface area contributed by atoms with Crippen LogP contribution >= 0.6 is 0 Å². The van der Waals surface area contributed by atoms with Crippen LogP contribution in [-0.4, -0.2) is 34.0 Å². The van der Waals surface area contributed by atoms with Crippen LogP contribution in [0.1, 0.15) is 29.8 Å². The van der Waals surface area contributed by atoms with Gasteiger partial charge in [-0.15, -0.1) is 0 Å². The lowest BCUT2D eigenvalue weighted by Gasteiger charge is -2.31. The minimum absolute atomic E-state index is 0.0338. The molecule has 4 rings (SSSR count). The van der Waals surface area contributed by atoms with Gasteiger partial charge in [-0.05, 0) is 57.5 Å². The van der Waals surface area contributed by atoms with Gasteiger partial charge in [-0.1, -0.05) is 40.5 Å². The molecule has 1 fully saturated rings. The molecular weight excluding hydrogens is 364 g/mol. The number of anilines is 1. The minimum atomic E-state index is -0.0338. The van der Waals surface area contributed by atoms with Crippen LogP contribution in [0.5, 0.6) is 0 Å². The predicted octanol–water partition coefficient (Wildman–Crippen LogP) is 4.20. The third-order valence-corrected chi connectivity index (χ3v) is 5.33. The summed E-state index contributed by atoms with van der Waals surface area (Å²) in [6, 6.07) is 15.9. The minimum Gasteiger partial charge on any atom is -0.334 e. The highest BCUT2D eigenvalue weighted by Crippen LogP contribution is 2.22. The second kappa shape index (κ2) is 8.57. The van der Waals surface area contributed by atoms with Gasteiger partial charge in [0, 0.05) is 17.8 Å². The summed E-state index contributed by atoms with van der Waals surface area (Å²) >= 11 is 0. The zero-order chi connectivity index (χ0) is 20.2. The Bertz CT molecular complexity index is 963. The third kappa shape index (κ3) is 4.90. The van der Waals surface area contributed by atoms with Gasteiger partial charge >= 0.3 is 0 Å². The molecule has 1 N–H and O–H groups in total. The first kappa shape index (κ1) is 19.3. The van der Waals surface area contributed by atoms with Crippen molar-refractivity contribution in [3.8, 4) is 11.5 Å². The van der Waals surface area contributed by atoms with Crippen LogP contribution in [0.3, 0.4) is 0 Å². The van der Waals surface area contributed by atoms with E-state index >= 15 is 0 Å². The van der Waals surface area contributed by atoms with Crippen LogP contribution in [0.25, 0.3) is 11.5 Å². The van der Waals surface area contributed by atoms with Gasteiger partial charge in [0.2, 0.25) is 5.91 Å². The Morgan fingerprint density at radius 2 is 1.79 bits per heavy atom. The van der Waals surface area contributed by atoms with Gasteiger partial charge in [0.25, 0.3) is 5.89 Å². The standard InChI is InChI=1S/C23H26N4O2/c1-16-5-9-18(10-6-16)23-25-21(26-29-23)15-27-13-3-4-19(14-27)22(28)24-20-11-7-17(2)8-12-20/h5-12,19H,3-4,13-15H2,1-2H3,(H,24,28)/t19-/m0/s1. The van der Waals surface area contributed by atoms with Gasteiger partial charge in [0.1, 0.15) is 0 Å². The molecular formula is C23H26N4O2. The highest BCUT2D eigenvalue weighted by atomic mass is 16.5. The zero-order valence-corrected chi connectivity index (χ0v) is 16.9. The summed E-state index contributed by atoms with van der Waals surface area (Å²) in [7, 11) is 0. The number of hydrogen-bond donors (Lipinski definition) is 1. The van der Waals surface area contributed by atoms with E-state index in [0.717, 1.165) is 30.6 Å². The number of hydrogen-bond acceptors (Lipinski definition) is 5. The van der Waals surface area contributed by atoms with Crippen LogP contribution in [0.4, 0.5) is 5.69 Å². The summed E-state index contributed by atoms with van der Waals surface area (Å²) in [6.45, 7) is 6.30. The van der Waals surface area contributed by atoms with Crippen molar-refractivity contribution in [2.45, 2.75) is 33.2 Å². The van der Waals surface area contributed by atoms with Gasteiger partial charge in [0.05, 0.1) is 12.5 Å². The largest absolute Gasteiger partial charge is 0.334 e. The highest BCUT2D eigenvalue weighted by molar-refractivity contribution is 5.92. The first-order valence-corrected chi connectivity index (χ1v) is 10.1. The smallest absolute Gasteiger partial charge is 0.257 e. The Morgan fingerprint density at radius 1 is 1.10 bits per heavy atom. The molecule has 0 bridgehead atoms. The SMILES string of the molecule is Cc1ccc(NC(=O)[C@H]2CCCN(Cc3noc(-c4ccc(C)cc4)n3)C2)cc1. The number of nitrogens with zero attached hydrogens (tertiary/aromatic N) is 3. The Kier molecular flexibility index (Phi) is 5.71. The van der Waals surface area contributed by atoms with Gasteiger partial charge in [-0.3, -0.25) is 9.69 Å². The number of rotatable bonds is 5. The number of aromatic nitrogens is 2. The number of amides is 1. The number of piperidine rings is 1. The van der Waals surface area contributed by atoms with E-state index in [1.54, 1.807) is 0 Å². The first-order valence-electron chi connectivity index (χ1n) is 10.1. The van der Waals surface area contributed by atoms with Crippen molar-refractivity contribution in [1.29, 1.82) is 0 Å². The summed E-state index contributed by atoms with van der Waals surface area (Å²) in [6.07, 6.45) is 1.88. The van der Waals surface area contributed by atoms with Crippen LogP contribution in [-0.2, 0) is 11.3 Å². The average molecular weight is 390 g/mol. The molecule has 1 aromatic heterocycles. The lowest BCUT2D eigenvalue weighted by molar-refractivity contribution is -0.121. The monoisotopic (exact) mass is 390 g/mol. The number of likely N-dealkylation sites (tertiary alicyclic amines) is 1. The molecule has 0 aliphatic carbocycles. The molecule has 3 aromatic rings. The molecule has 1 aliphatic heterocycles. The van der Waals surface area contributed by atoms with E-state index in [9.17, 15) is 4.79 Å². The summed E-state index contributed by atoms with van der Waals surface area (Å²) in [4.78, 5) is 19.4. The molecule has 1 amide bonds. The maximum absolute atomic E-state index is 12.7. The van der Waals surface area contributed by atoms with E-state index in [-0.39, 0.29) is 11.8 Å². The van der Waals surface area contributed by atoms with Crippen molar-refractivity contribution in [2.75, 3.05) is 18.4 Å². The van der Waals surface area contributed by atoms with Crippen LogP contribution < -0.4 is 5.32 Å². The average Bonchev–Trinajstić information content (AvgIpc) is 3.19. The van der Waals surface area contributed by atoms with E-state index in [0.29, 0.717) is 24.8 Å². The van der Waals surface area contributed by atoms with Gasteiger partial charge < -0.3 is 9.84 Å². The number of benzene rings is 2. The molecule has 29 heavy (non-hydrogen) atoms. The summed E-state index contributed by atoms with van der Waals surface area (Å²) < 4.78 is 5.43. The number of carbonyl (C=O) groups excluding carboxylic acids is 1. The normalized spacial score (nSPS) is 17.2. The molecule has 6 nitrogen and oxygen atoms in total. The molecule has 0 unspecified atom stereocenters. The van der Waals surface area contributed by atoms with Crippen LogP contribution in [0.15, 0.2) is 53.1 Å².